The minimum Gasteiger partial charge on any atom is -0.486 e. The molecular formula is C12H14BrNO3. The number of halogens is 1. The molecule has 1 aliphatic heterocycles. The summed E-state index contributed by atoms with van der Waals surface area (Å²) in [5, 5.41) is 2.77. The molecule has 17 heavy (non-hydrogen) atoms. The Balaban J connectivity index is 2.16. The summed E-state index contributed by atoms with van der Waals surface area (Å²) in [4.78, 5) is 10.8. The molecule has 1 amide bonds. The van der Waals surface area contributed by atoms with Crippen LogP contribution in [0.5, 0.6) is 11.5 Å². The molecule has 0 unspecified atom stereocenters. The molecule has 1 heterocycles. The van der Waals surface area contributed by atoms with E-state index in [1.807, 2.05) is 12.1 Å². The van der Waals surface area contributed by atoms with Gasteiger partial charge in [-0.2, -0.15) is 0 Å². The molecule has 0 atom stereocenters. The fourth-order valence-corrected chi connectivity index (χ4v) is 2.26. The Bertz CT molecular complexity index is 434. The second-order valence-electron chi connectivity index (χ2n) is 3.78. The molecular weight excluding hydrogens is 286 g/mol. The van der Waals surface area contributed by atoms with E-state index in [2.05, 4.69) is 21.2 Å². The summed E-state index contributed by atoms with van der Waals surface area (Å²) in [6.45, 7) is 3.25. The standard InChI is InChI=1S/C12H14BrNO3/c1-8(15)14-5-4-9-10(13)2-3-11-12(9)17-7-6-16-11/h2-3H,4-7H2,1H3,(H,14,15). The zero-order valence-electron chi connectivity index (χ0n) is 9.59. The quantitative estimate of drug-likeness (QED) is 0.927. The monoisotopic (exact) mass is 299 g/mol. The Kier molecular flexibility index (Phi) is 3.89. The minimum absolute atomic E-state index is 0.0249. The number of ether oxygens (including phenoxy) is 2. The van der Waals surface area contributed by atoms with Gasteiger partial charge in [0.1, 0.15) is 13.2 Å². The number of carbonyl (C=O) groups is 1. The van der Waals surface area contributed by atoms with E-state index in [4.69, 9.17) is 9.47 Å². The van der Waals surface area contributed by atoms with Crippen molar-refractivity contribution in [3.05, 3.63) is 22.2 Å². The molecule has 2 rings (SSSR count). The van der Waals surface area contributed by atoms with Crippen LogP contribution in [0.15, 0.2) is 16.6 Å². The average Bonchev–Trinajstić information content (AvgIpc) is 2.32. The first-order valence-corrected chi connectivity index (χ1v) is 6.29. The molecule has 0 aromatic heterocycles. The number of fused-ring (bicyclic) bond motifs is 1. The third-order valence-corrected chi connectivity index (χ3v) is 3.25. The SMILES string of the molecule is CC(=O)NCCc1c(Br)ccc2c1OCCO2. The lowest BCUT2D eigenvalue weighted by atomic mass is 10.1. The second kappa shape index (κ2) is 5.40. The molecule has 0 saturated heterocycles. The van der Waals surface area contributed by atoms with Crippen molar-refractivity contribution < 1.29 is 14.3 Å². The zero-order valence-corrected chi connectivity index (χ0v) is 11.2. The van der Waals surface area contributed by atoms with Crippen molar-refractivity contribution in [2.75, 3.05) is 19.8 Å². The van der Waals surface area contributed by atoms with Crippen molar-refractivity contribution in [3.63, 3.8) is 0 Å². The Hall–Kier alpha value is -1.23. The van der Waals surface area contributed by atoms with Crippen LogP contribution in [0.2, 0.25) is 0 Å². The lowest BCUT2D eigenvalue weighted by molar-refractivity contribution is -0.118. The second-order valence-corrected chi connectivity index (χ2v) is 4.64. The topological polar surface area (TPSA) is 47.6 Å². The van der Waals surface area contributed by atoms with Crippen LogP contribution < -0.4 is 14.8 Å². The van der Waals surface area contributed by atoms with Gasteiger partial charge in [0.15, 0.2) is 11.5 Å². The zero-order chi connectivity index (χ0) is 12.3. The number of hydrogen-bond acceptors (Lipinski definition) is 3. The molecule has 92 valence electrons. The summed E-state index contributed by atoms with van der Waals surface area (Å²) in [5.41, 5.74) is 1.04. The fraction of sp³-hybridized carbons (Fsp3) is 0.417. The summed E-state index contributed by atoms with van der Waals surface area (Å²) < 4.78 is 12.1. The summed E-state index contributed by atoms with van der Waals surface area (Å²) in [6, 6.07) is 3.83. The van der Waals surface area contributed by atoms with Gasteiger partial charge in [-0.15, -0.1) is 0 Å². The van der Waals surface area contributed by atoms with Gasteiger partial charge >= 0.3 is 0 Å². The maximum absolute atomic E-state index is 10.8. The van der Waals surface area contributed by atoms with Gasteiger partial charge in [0.2, 0.25) is 5.91 Å². The molecule has 4 nitrogen and oxygen atoms in total. The molecule has 5 heteroatoms. The molecule has 0 saturated carbocycles. The first kappa shape index (κ1) is 12.2. The van der Waals surface area contributed by atoms with Crippen LogP contribution in [-0.4, -0.2) is 25.7 Å². The molecule has 1 aromatic rings. The van der Waals surface area contributed by atoms with E-state index in [0.29, 0.717) is 26.2 Å². The van der Waals surface area contributed by atoms with Gasteiger partial charge in [-0.1, -0.05) is 15.9 Å². The molecule has 0 aliphatic carbocycles. The van der Waals surface area contributed by atoms with Gasteiger partial charge in [-0.05, 0) is 18.6 Å². The van der Waals surface area contributed by atoms with Gasteiger partial charge in [0.05, 0.1) is 0 Å². The predicted molar refractivity (Wildman–Crippen MR) is 67.5 cm³/mol. The highest BCUT2D eigenvalue weighted by Crippen LogP contribution is 2.38. The van der Waals surface area contributed by atoms with Crippen LogP contribution >= 0.6 is 15.9 Å². The first-order chi connectivity index (χ1) is 8.18. The summed E-state index contributed by atoms with van der Waals surface area (Å²) in [6.07, 6.45) is 0.715. The molecule has 0 fully saturated rings. The Morgan fingerprint density at radius 3 is 2.94 bits per heavy atom. The smallest absolute Gasteiger partial charge is 0.216 e. The van der Waals surface area contributed by atoms with Crippen molar-refractivity contribution in [1.82, 2.24) is 5.32 Å². The normalized spacial score (nSPS) is 13.3. The highest BCUT2D eigenvalue weighted by Gasteiger charge is 2.18. The van der Waals surface area contributed by atoms with Gasteiger partial charge in [-0.25, -0.2) is 0 Å². The van der Waals surface area contributed by atoms with E-state index >= 15 is 0 Å². The van der Waals surface area contributed by atoms with Gasteiger partial charge < -0.3 is 14.8 Å². The average molecular weight is 300 g/mol. The van der Waals surface area contributed by atoms with Crippen molar-refractivity contribution in [3.8, 4) is 11.5 Å². The summed E-state index contributed by atoms with van der Waals surface area (Å²) >= 11 is 3.49. The maximum atomic E-state index is 10.8. The van der Waals surface area contributed by atoms with Crippen LogP contribution in [0, 0.1) is 0 Å². The van der Waals surface area contributed by atoms with E-state index in [9.17, 15) is 4.79 Å². The van der Waals surface area contributed by atoms with Crippen LogP contribution in [0.25, 0.3) is 0 Å². The maximum Gasteiger partial charge on any atom is 0.216 e. The van der Waals surface area contributed by atoms with Gasteiger partial charge in [0.25, 0.3) is 0 Å². The van der Waals surface area contributed by atoms with Crippen molar-refractivity contribution in [2.45, 2.75) is 13.3 Å². The highest BCUT2D eigenvalue weighted by atomic mass is 79.9. The van der Waals surface area contributed by atoms with E-state index in [1.54, 1.807) is 0 Å². The number of nitrogens with one attached hydrogen (secondary N) is 1. The summed E-state index contributed by atoms with van der Waals surface area (Å²) in [5.74, 6) is 1.54. The van der Waals surface area contributed by atoms with E-state index in [1.165, 1.54) is 6.92 Å². The number of hydrogen-bond donors (Lipinski definition) is 1. The Morgan fingerprint density at radius 2 is 2.18 bits per heavy atom. The highest BCUT2D eigenvalue weighted by molar-refractivity contribution is 9.10. The van der Waals surface area contributed by atoms with Crippen LogP contribution in [-0.2, 0) is 11.2 Å². The summed E-state index contributed by atoms with van der Waals surface area (Å²) in [7, 11) is 0. The minimum atomic E-state index is -0.0249. The van der Waals surface area contributed by atoms with E-state index in [0.717, 1.165) is 21.5 Å². The molecule has 1 N–H and O–H groups in total. The van der Waals surface area contributed by atoms with E-state index < -0.39 is 0 Å². The number of carbonyl (C=O) groups excluding carboxylic acids is 1. The molecule has 0 radical (unpaired) electrons. The third-order valence-electron chi connectivity index (χ3n) is 2.50. The van der Waals surface area contributed by atoms with Crippen LogP contribution in [0.4, 0.5) is 0 Å². The van der Waals surface area contributed by atoms with Crippen molar-refractivity contribution in [1.29, 1.82) is 0 Å². The molecule has 1 aliphatic rings. The van der Waals surface area contributed by atoms with Gasteiger partial charge in [-0.3, -0.25) is 4.79 Å². The lowest BCUT2D eigenvalue weighted by Crippen LogP contribution is -2.23. The molecule has 1 aromatic carbocycles. The van der Waals surface area contributed by atoms with E-state index in [-0.39, 0.29) is 5.91 Å². The number of rotatable bonds is 3. The third kappa shape index (κ3) is 2.91. The van der Waals surface area contributed by atoms with Crippen molar-refractivity contribution in [2.24, 2.45) is 0 Å². The van der Waals surface area contributed by atoms with Gasteiger partial charge in [0, 0.05) is 23.5 Å². The number of benzene rings is 1. The fourth-order valence-electron chi connectivity index (χ4n) is 1.75. The van der Waals surface area contributed by atoms with Crippen LogP contribution in [0.3, 0.4) is 0 Å². The predicted octanol–water partition coefficient (Wildman–Crippen LogP) is 1.90. The molecule has 0 bridgehead atoms. The van der Waals surface area contributed by atoms with Crippen LogP contribution in [0.1, 0.15) is 12.5 Å². The number of amides is 1. The Labute approximate surface area is 108 Å². The largest absolute Gasteiger partial charge is 0.486 e. The van der Waals surface area contributed by atoms with Crippen molar-refractivity contribution >= 4 is 21.8 Å². The molecule has 0 spiro atoms. The first-order valence-electron chi connectivity index (χ1n) is 5.50. The Morgan fingerprint density at radius 1 is 1.41 bits per heavy atom. The lowest BCUT2D eigenvalue weighted by Gasteiger charge is -2.22.